The lowest BCUT2D eigenvalue weighted by molar-refractivity contribution is -0.141. The van der Waals surface area contributed by atoms with Crippen molar-refractivity contribution in [2.45, 2.75) is 18.9 Å². The van der Waals surface area contributed by atoms with E-state index in [1.807, 2.05) is 12.1 Å². The zero-order chi connectivity index (χ0) is 22.8. The number of carbonyl (C=O) groups is 2. The summed E-state index contributed by atoms with van der Waals surface area (Å²) in [5, 5.41) is 15.1. The fourth-order valence-corrected chi connectivity index (χ4v) is 2.97. The van der Waals surface area contributed by atoms with Crippen LogP contribution in [0, 0.1) is 0 Å². The Morgan fingerprint density at radius 1 is 0.903 bits per heavy atom. The average Bonchev–Trinajstić information content (AvgIpc) is 2.77. The molecule has 0 radical (unpaired) electrons. The van der Waals surface area contributed by atoms with Crippen molar-refractivity contribution in [1.82, 2.24) is 5.32 Å². The van der Waals surface area contributed by atoms with E-state index in [2.05, 4.69) is 10.6 Å². The molecule has 1 unspecified atom stereocenters. The number of benzene rings is 2. The van der Waals surface area contributed by atoms with E-state index in [9.17, 15) is 14.7 Å². The molecule has 0 bridgehead atoms. The number of carboxylic acid groups (broad SMARTS) is 1. The van der Waals surface area contributed by atoms with Crippen LogP contribution in [0.5, 0.6) is 23.0 Å². The number of ether oxygens (including phenoxy) is 4. The second-order valence-electron chi connectivity index (χ2n) is 6.60. The molecule has 2 rings (SSSR count). The molecule has 0 aliphatic heterocycles. The van der Waals surface area contributed by atoms with Gasteiger partial charge in [0, 0.05) is 6.07 Å². The molecule has 9 nitrogen and oxygen atoms in total. The Morgan fingerprint density at radius 2 is 1.58 bits per heavy atom. The van der Waals surface area contributed by atoms with Gasteiger partial charge in [-0.2, -0.15) is 0 Å². The number of carboxylic acids is 1. The van der Waals surface area contributed by atoms with Crippen LogP contribution in [-0.4, -0.2) is 58.0 Å². The molecular weight excluding hydrogens is 404 g/mol. The lowest BCUT2D eigenvalue weighted by atomic mass is 10.1. The van der Waals surface area contributed by atoms with Crippen LogP contribution in [-0.2, 0) is 16.0 Å². The predicted molar refractivity (Wildman–Crippen MR) is 115 cm³/mol. The number of rotatable bonds is 12. The van der Waals surface area contributed by atoms with Gasteiger partial charge >= 0.3 is 5.97 Å². The Kier molecular flexibility index (Phi) is 8.95. The summed E-state index contributed by atoms with van der Waals surface area (Å²) in [7, 11) is 6.10. The summed E-state index contributed by atoms with van der Waals surface area (Å²) >= 11 is 0. The van der Waals surface area contributed by atoms with Gasteiger partial charge in [0.05, 0.1) is 40.5 Å². The number of anilines is 1. The van der Waals surface area contributed by atoms with Gasteiger partial charge in [0.25, 0.3) is 0 Å². The van der Waals surface area contributed by atoms with Crippen LogP contribution in [0.1, 0.15) is 12.0 Å². The van der Waals surface area contributed by atoms with Crippen molar-refractivity contribution >= 4 is 17.6 Å². The van der Waals surface area contributed by atoms with E-state index in [0.717, 1.165) is 5.56 Å². The van der Waals surface area contributed by atoms with E-state index < -0.39 is 17.9 Å². The van der Waals surface area contributed by atoms with Crippen molar-refractivity contribution in [3.63, 3.8) is 0 Å². The summed E-state index contributed by atoms with van der Waals surface area (Å²) in [4.78, 5) is 24.1. The third-order valence-electron chi connectivity index (χ3n) is 4.62. The maximum atomic E-state index is 12.4. The van der Waals surface area contributed by atoms with Crippen molar-refractivity contribution < 1.29 is 33.6 Å². The smallest absolute Gasteiger partial charge is 0.321 e. The number of hydrogen-bond acceptors (Lipinski definition) is 7. The number of methoxy groups -OCH3 is 4. The molecule has 0 aromatic heterocycles. The molecule has 168 valence electrons. The van der Waals surface area contributed by atoms with Gasteiger partial charge in [-0.25, -0.2) is 0 Å². The van der Waals surface area contributed by atoms with Crippen molar-refractivity contribution in [3.8, 4) is 23.0 Å². The lowest BCUT2D eigenvalue weighted by Crippen LogP contribution is -2.40. The van der Waals surface area contributed by atoms with Crippen LogP contribution in [0.3, 0.4) is 0 Å². The van der Waals surface area contributed by atoms with Crippen LogP contribution in [0.2, 0.25) is 0 Å². The van der Waals surface area contributed by atoms with Gasteiger partial charge in [0.15, 0.2) is 11.5 Å². The van der Waals surface area contributed by atoms with Gasteiger partial charge < -0.3 is 34.7 Å². The summed E-state index contributed by atoms with van der Waals surface area (Å²) < 4.78 is 20.9. The highest BCUT2D eigenvalue weighted by Gasteiger charge is 2.21. The summed E-state index contributed by atoms with van der Waals surface area (Å²) in [6.45, 7) is 0.363. The first-order valence-corrected chi connectivity index (χ1v) is 9.60. The fourth-order valence-electron chi connectivity index (χ4n) is 2.97. The topological polar surface area (TPSA) is 115 Å². The zero-order valence-electron chi connectivity index (χ0n) is 18.1. The molecule has 0 heterocycles. The maximum absolute atomic E-state index is 12.4. The molecule has 31 heavy (non-hydrogen) atoms. The highest BCUT2D eigenvalue weighted by atomic mass is 16.5. The van der Waals surface area contributed by atoms with Crippen LogP contribution in [0.4, 0.5) is 5.69 Å². The predicted octanol–water partition coefficient (Wildman–Crippen LogP) is 2.34. The van der Waals surface area contributed by atoms with Gasteiger partial charge in [-0.15, -0.1) is 0 Å². The first-order valence-electron chi connectivity index (χ1n) is 9.60. The minimum absolute atomic E-state index is 0.248. The first kappa shape index (κ1) is 23.8. The van der Waals surface area contributed by atoms with Crippen LogP contribution >= 0.6 is 0 Å². The van der Waals surface area contributed by atoms with E-state index in [4.69, 9.17) is 18.9 Å². The first-order chi connectivity index (χ1) is 14.9. The molecule has 0 saturated carbocycles. The van der Waals surface area contributed by atoms with Gasteiger partial charge in [-0.1, -0.05) is 6.07 Å². The molecule has 0 aliphatic rings. The van der Waals surface area contributed by atoms with Gasteiger partial charge in [-0.3, -0.25) is 9.59 Å². The van der Waals surface area contributed by atoms with Crippen LogP contribution in [0.15, 0.2) is 36.4 Å². The van der Waals surface area contributed by atoms with E-state index >= 15 is 0 Å². The van der Waals surface area contributed by atoms with Crippen LogP contribution < -0.4 is 29.6 Å². The van der Waals surface area contributed by atoms with E-state index in [1.54, 1.807) is 38.5 Å². The van der Waals surface area contributed by atoms with Crippen molar-refractivity contribution in [2.75, 3.05) is 40.3 Å². The Labute approximate surface area is 181 Å². The Hall–Kier alpha value is -3.46. The maximum Gasteiger partial charge on any atom is 0.321 e. The summed E-state index contributed by atoms with van der Waals surface area (Å²) in [6.07, 6.45) is 0.303. The molecule has 2 aromatic carbocycles. The Balaban J connectivity index is 1.96. The van der Waals surface area contributed by atoms with E-state index in [-0.39, 0.29) is 6.42 Å². The molecule has 1 amide bonds. The third-order valence-corrected chi connectivity index (χ3v) is 4.62. The summed E-state index contributed by atoms with van der Waals surface area (Å²) in [6, 6.07) is 9.42. The van der Waals surface area contributed by atoms with E-state index in [0.29, 0.717) is 41.7 Å². The number of carbonyl (C=O) groups excluding carboxylic acids is 1. The summed E-state index contributed by atoms with van der Waals surface area (Å²) in [5.74, 6) is 0.632. The van der Waals surface area contributed by atoms with Gasteiger partial charge in [0.2, 0.25) is 5.91 Å². The van der Waals surface area contributed by atoms with Gasteiger partial charge in [-0.05, 0) is 42.8 Å². The largest absolute Gasteiger partial charge is 0.497 e. The normalized spacial score (nSPS) is 11.4. The highest BCUT2D eigenvalue weighted by molar-refractivity contribution is 5.95. The molecule has 0 aliphatic carbocycles. The zero-order valence-corrected chi connectivity index (χ0v) is 18.1. The fraction of sp³-hybridized carbons (Fsp3) is 0.364. The minimum atomic E-state index is -1.11. The molecule has 3 N–H and O–H groups in total. The second-order valence-corrected chi connectivity index (χ2v) is 6.60. The quantitative estimate of drug-likeness (QED) is 0.468. The van der Waals surface area contributed by atoms with Crippen LogP contribution in [0.25, 0.3) is 0 Å². The molecule has 1 atom stereocenters. The minimum Gasteiger partial charge on any atom is -0.497 e. The highest BCUT2D eigenvalue weighted by Crippen LogP contribution is 2.29. The molecular formula is C22H28N2O7. The average molecular weight is 432 g/mol. The van der Waals surface area contributed by atoms with Crippen molar-refractivity contribution in [2.24, 2.45) is 0 Å². The second kappa shape index (κ2) is 11.7. The standard InChI is InChI=1S/C22H28N2O7/c1-28-15-6-8-18(29-2)16(12-15)24-21(25)13-17(22(26)27)23-10-9-14-5-7-19(30-3)20(11-14)31-4/h5-8,11-12,17,23H,9-10,13H2,1-4H3,(H,24,25)(H,26,27). The number of nitrogens with one attached hydrogen (secondary N) is 2. The van der Waals surface area contributed by atoms with Crippen molar-refractivity contribution in [3.05, 3.63) is 42.0 Å². The Bertz CT molecular complexity index is 901. The lowest BCUT2D eigenvalue weighted by Gasteiger charge is -2.16. The Morgan fingerprint density at radius 3 is 2.19 bits per heavy atom. The molecule has 2 aromatic rings. The number of hydrogen-bond donors (Lipinski definition) is 3. The molecule has 0 spiro atoms. The monoisotopic (exact) mass is 432 g/mol. The SMILES string of the molecule is COc1ccc(OC)c(NC(=O)CC(NCCc2ccc(OC)c(OC)c2)C(=O)O)c1. The van der Waals surface area contributed by atoms with Gasteiger partial charge in [0.1, 0.15) is 17.5 Å². The number of aliphatic carboxylic acids is 1. The molecule has 0 fully saturated rings. The third kappa shape index (κ3) is 6.78. The summed E-state index contributed by atoms with van der Waals surface area (Å²) in [5.41, 5.74) is 1.35. The molecule has 9 heteroatoms. The van der Waals surface area contributed by atoms with E-state index in [1.165, 1.54) is 14.2 Å². The van der Waals surface area contributed by atoms with Crippen molar-refractivity contribution in [1.29, 1.82) is 0 Å². The molecule has 0 saturated heterocycles. The number of amides is 1.